The van der Waals surface area contributed by atoms with E-state index in [1.54, 1.807) is 16.6 Å². The molecule has 3 heterocycles. The molecule has 0 aliphatic carbocycles. The summed E-state index contributed by atoms with van der Waals surface area (Å²) in [6.45, 7) is 3.91. The first kappa shape index (κ1) is 16.0. The zero-order valence-electron chi connectivity index (χ0n) is 13.5. The van der Waals surface area contributed by atoms with Gasteiger partial charge in [0.25, 0.3) is 5.78 Å². The summed E-state index contributed by atoms with van der Waals surface area (Å²) >= 11 is 7.31. The zero-order valence-corrected chi connectivity index (χ0v) is 15.0. The van der Waals surface area contributed by atoms with Crippen LogP contribution in [0.15, 0.2) is 39.9 Å². The number of halogens is 1. The van der Waals surface area contributed by atoms with Crippen molar-refractivity contribution in [2.75, 3.05) is 0 Å². The van der Waals surface area contributed by atoms with E-state index in [1.807, 2.05) is 32.0 Å². The molecule has 4 aromatic rings. The van der Waals surface area contributed by atoms with Gasteiger partial charge in [-0.05, 0) is 44.2 Å². The number of aromatic nitrogens is 6. The summed E-state index contributed by atoms with van der Waals surface area (Å²) in [5.41, 5.74) is 2.73. The Bertz CT molecular complexity index is 1040. The minimum Gasteiger partial charge on any atom is -0.420 e. The predicted molar refractivity (Wildman–Crippen MR) is 94.6 cm³/mol. The van der Waals surface area contributed by atoms with Gasteiger partial charge in [0.15, 0.2) is 0 Å². The summed E-state index contributed by atoms with van der Waals surface area (Å²) in [6, 6.07) is 9.22. The van der Waals surface area contributed by atoms with Crippen LogP contribution in [0.25, 0.3) is 17.2 Å². The first-order valence-corrected chi connectivity index (χ1v) is 8.87. The topological polar surface area (TPSA) is 82.0 Å². The molecule has 0 spiro atoms. The van der Waals surface area contributed by atoms with Crippen LogP contribution >= 0.6 is 23.4 Å². The molecular formula is C16H13ClN6OS. The van der Waals surface area contributed by atoms with Gasteiger partial charge in [0.1, 0.15) is 0 Å². The molecule has 0 bridgehead atoms. The zero-order chi connectivity index (χ0) is 17.4. The second-order valence-corrected chi connectivity index (χ2v) is 6.82. The van der Waals surface area contributed by atoms with Gasteiger partial charge in [-0.1, -0.05) is 23.4 Å². The molecule has 4 rings (SSSR count). The van der Waals surface area contributed by atoms with Crippen molar-refractivity contribution < 1.29 is 4.42 Å². The highest BCUT2D eigenvalue weighted by molar-refractivity contribution is 7.98. The predicted octanol–water partition coefficient (Wildman–Crippen LogP) is 3.74. The van der Waals surface area contributed by atoms with Crippen LogP contribution < -0.4 is 0 Å². The number of hydrogen-bond acceptors (Lipinski definition) is 7. The van der Waals surface area contributed by atoms with E-state index in [1.165, 1.54) is 11.8 Å². The maximum Gasteiger partial charge on any atom is 0.253 e. The maximum absolute atomic E-state index is 5.89. The number of aryl methyl sites for hydroxylation is 2. The summed E-state index contributed by atoms with van der Waals surface area (Å²) in [7, 11) is 0. The van der Waals surface area contributed by atoms with Crippen LogP contribution in [0.2, 0.25) is 5.02 Å². The smallest absolute Gasteiger partial charge is 0.253 e. The van der Waals surface area contributed by atoms with Crippen molar-refractivity contribution in [3.05, 3.63) is 52.6 Å². The van der Waals surface area contributed by atoms with E-state index in [0.29, 0.717) is 33.5 Å². The van der Waals surface area contributed by atoms with Crippen LogP contribution in [0.5, 0.6) is 0 Å². The maximum atomic E-state index is 5.89. The lowest BCUT2D eigenvalue weighted by Crippen LogP contribution is -1.97. The van der Waals surface area contributed by atoms with Crippen molar-refractivity contribution in [3.63, 3.8) is 0 Å². The van der Waals surface area contributed by atoms with E-state index in [0.717, 1.165) is 17.0 Å². The second kappa shape index (κ2) is 6.45. The van der Waals surface area contributed by atoms with Crippen LogP contribution in [0.4, 0.5) is 0 Å². The molecule has 0 aliphatic rings. The lowest BCUT2D eigenvalue weighted by Gasteiger charge is -1.97. The van der Waals surface area contributed by atoms with Gasteiger partial charge in [-0.2, -0.15) is 4.98 Å². The van der Waals surface area contributed by atoms with Gasteiger partial charge < -0.3 is 4.42 Å². The van der Waals surface area contributed by atoms with E-state index >= 15 is 0 Å². The number of thioether (sulfide) groups is 1. The number of rotatable bonds is 4. The van der Waals surface area contributed by atoms with Crippen molar-refractivity contribution in [2.45, 2.75) is 24.8 Å². The Balaban J connectivity index is 1.50. The molecule has 0 aliphatic heterocycles. The van der Waals surface area contributed by atoms with Crippen molar-refractivity contribution in [3.8, 4) is 11.5 Å². The van der Waals surface area contributed by atoms with Gasteiger partial charge >= 0.3 is 0 Å². The molecule has 7 nitrogen and oxygen atoms in total. The molecule has 1 aromatic carbocycles. The SMILES string of the molecule is Cc1cc(C)n2nc(SCc3nnc(-c4ccc(Cl)cc4)o3)nc2n1. The molecular weight excluding hydrogens is 360 g/mol. The number of fused-ring (bicyclic) bond motifs is 1. The van der Waals surface area contributed by atoms with Crippen molar-refractivity contribution >= 4 is 29.1 Å². The van der Waals surface area contributed by atoms with Crippen LogP contribution in [0, 0.1) is 13.8 Å². The first-order chi connectivity index (χ1) is 12.1. The third-order valence-corrected chi connectivity index (χ3v) is 4.56. The fourth-order valence-electron chi connectivity index (χ4n) is 2.36. The largest absolute Gasteiger partial charge is 0.420 e. The Morgan fingerprint density at radius 2 is 1.92 bits per heavy atom. The van der Waals surface area contributed by atoms with E-state index in [2.05, 4.69) is 25.3 Å². The first-order valence-electron chi connectivity index (χ1n) is 7.50. The molecule has 0 radical (unpaired) electrons. The lowest BCUT2D eigenvalue weighted by atomic mass is 10.2. The van der Waals surface area contributed by atoms with Gasteiger partial charge in [0.05, 0.1) is 5.75 Å². The lowest BCUT2D eigenvalue weighted by molar-refractivity contribution is 0.528. The minimum absolute atomic E-state index is 0.461. The molecule has 0 saturated heterocycles. The third-order valence-electron chi connectivity index (χ3n) is 3.48. The average Bonchev–Trinajstić information content (AvgIpc) is 3.20. The molecule has 0 atom stereocenters. The Morgan fingerprint density at radius 1 is 1.12 bits per heavy atom. The highest BCUT2D eigenvalue weighted by atomic mass is 35.5. The number of hydrogen-bond donors (Lipinski definition) is 0. The molecule has 0 N–H and O–H groups in total. The molecule has 0 saturated carbocycles. The Morgan fingerprint density at radius 3 is 2.72 bits per heavy atom. The quantitative estimate of drug-likeness (QED) is 0.504. The minimum atomic E-state index is 0.461. The van der Waals surface area contributed by atoms with E-state index < -0.39 is 0 Å². The van der Waals surface area contributed by atoms with Gasteiger partial charge in [-0.15, -0.1) is 15.3 Å². The summed E-state index contributed by atoms with van der Waals surface area (Å²) in [4.78, 5) is 8.80. The Hall–Kier alpha value is -2.45. The fraction of sp³-hybridized carbons (Fsp3) is 0.188. The molecule has 126 valence electrons. The number of benzene rings is 1. The summed E-state index contributed by atoms with van der Waals surface area (Å²) in [5.74, 6) is 2.04. The van der Waals surface area contributed by atoms with Gasteiger partial charge in [0.2, 0.25) is 16.9 Å². The molecule has 0 fully saturated rings. The van der Waals surface area contributed by atoms with Crippen LogP contribution in [-0.4, -0.2) is 29.8 Å². The average molecular weight is 373 g/mol. The highest BCUT2D eigenvalue weighted by Gasteiger charge is 2.12. The summed E-state index contributed by atoms with van der Waals surface area (Å²) in [6.07, 6.45) is 0. The van der Waals surface area contributed by atoms with Gasteiger partial charge in [0, 0.05) is 22.0 Å². The van der Waals surface area contributed by atoms with Crippen LogP contribution in [-0.2, 0) is 5.75 Å². The third kappa shape index (κ3) is 3.35. The van der Waals surface area contributed by atoms with Crippen molar-refractivity contribution in [1.29, 1.82) is 0 Å². The normalized spacial score (nSPS) is 11.3. The van der Waals surface area contributed by atoms with E-state index in [9.17, 15) is 0 Å². The molecule has 0 unspecified atom stereocenters. The van der Waals surface area contributed by atoms with Crippen molar-refractivity contribution in [2.24, 2.45) is 0 Å². The van der Waals surface area contributed by atoms with Crippen molar-refractivity contribution in [1.82, 2.24) is 29.8 Å². The standard InChI is InChI=1S/C16H13ClN6OS/c1-9-7-10(2)23-15(18-9)19-16(22-23)25-8-13-20-21-14(24-13)11-3-5-12(17)6-4-11/h3-7H,8H2,1-2H3. The van der Waals surface area contributed by atoms with Crippen LogP contribution in [0.1, 0.15) is 17.3 Å². The number of nitrogens with zero attached hydrogens (tertiary/aromatic N) is 6. The molecule has 25 heavy (non-hydrogen) atoms. The van der Waals surface area contributed by atoms with E-state index in [4.69, 9.17) is 16.0 Å². The molecule has 0 amide bonds. The Kier molecular flexibility index (Phi) is 4.14. The van der Waals surface area contributed by atoms with Crippen LogP contribution in [0.3, 0.4) is 0 Å². The highest BCUT2D eigenvalue weighted by Crippen LogP contribution is 2.24. The summed E-state index contributed by atoms with van der Waals surface area (Å²) in [5, 5.41) is 13.9. The molecule has 9 heteroatoms. The summed E-state index contributed by atoms with van der Waals surface area (Å²) < 4.78 is 7.41. The van der Waals surface area contributed by atoms with E-state index in [-0.39, 0.29) is 0 Å². The fourth-order valence-corrected chi connectivity index (χ4v) is 3.14. The van der Waals surface area contributed by atoms with Gasteiger partial charge in [-0.25, -0.2) is 9.50 Å². The molecule has 3 aromatic heterocycles. The second-order valence-electron chi connectivity index (χ2n) is 5.44. The van der Waals surface area contributed by atoms with Gasteiger partial charge in [-0.3, -0.25) is 0 Å². The Labute approximate surface area is 152 Å². The monoisotopic (exact) mass is 372 g/mol.